The van der Waals surface area contributed by atoms with Crippen LogP contribution in [0.4, 0.5) is 0 Å². The first-order chi connectivity index (χ1) is 11.6. The summed E-state index contributed by atoms with van der Waals surface area (Å²) in [5.41, 5.74) is 6.33. The van der Waals surface area contributed by atoms with E-state index >= 15 is 0 Å². The van der Waals surface area contributed by atoms with Crippen molar-refractivity contribution in [3.8, 4) is 0 Å². The molecule has 3 N–H and O–H groups in total. The molecule has 2 bridgehead atoms. The lowest BCUT2D eigenvalue weighted by atomic mass is 9.84. The first kappa shape index (κ1) is 16.8. The fraction of sp³-hybridized carbons (Fsp3) is 0.947. The Kier molecular flexibility index (Phi) is 4.85. The number of hydrogen-bond acceptors (Lipinski definition) is 4. The average Bonchev–Trinajstić information content (AvgIpc) is 3.17. The summed E-state index contributed by atoms with van der Waals surface area (Å²) >= 11 is 0. The van der Waals surface area contributed by atoms with Crippen LogP contribution >= 0.6 is 0 Å². The Bertz CT molecular complexity index is 452. The van der Waals surface area contributed by atoms with Crippen LogP contribution in [-0.2, 0) is 4.79 Å². The molecule has 136 valence electrons. The van der Waals surface area contributed by atoms with E-state index in [1.807, 2.05) is 0 Å². The lowest BCUT2D eigenvalue weighted by Crippen LogP contribution is -2.53. The summed E-state index contributed by atoms with van der Waals surface area (Å²) in [6.07, 6.45) is 8.45. The number of carbonyl (C=O) groups excluding carboxylic acids is 1. The van der Waals surface area contributed by atoms with E-state index in [9.17, 15) is 4.79 Å². The van der Waals surface area contributed by atoms with Crippen LogP contribution in [0.2, 0.25) is 0 Å². The molecular formula is C19H34N4O. The smallest absolute Gasteiger partial charge is 0.225 e. The van der Waals surface area contributed by atoms with Crippen molar-refractivity contribution in [3.63, 3.8) is 0 Å². The van der Waals surface area contributed by atoms with E-state index < -0.39 is 0 Å². The first-order valence-corrected chi connectivity index (χ1v) is 10.1. The number of nitrogens with zero attached hydrogens (tertiary/aromatic N) is 2. The molecule has 0 aromatic heterocycles. The van der Waals surface area contributed by atoms with Gasteiger partial charge in [0.2, 0.25) is 5.91 Å². The number of amides is 1. The van der Waals surface area contributed by atoms with Gasteiger partial charge in [-0.05, 0) is 76.9 Å². The van der Waals surface area contributed by atoms with Gasteiger partial charge in [-0.1, -0.05) is 0 Å². The van der Waals surface area contributed by atoms with Gasteiger partial charge in [0.05, 0.1) is 5.92 Å². The Morgan fingerprint density at radius 1 is 0.958 bits per heavy atom. The molecule has 0 aromatic rings. The molecule has 24 heavy (non-hydrogen) atoms. The summed E-state index contributed by atoms with van der Waals surface area (Å²) in [7, 11) is 2.22. The second-order valence-electron chi connectivity index (χ2n) is 8.79. The van der Waals surface area contributed by atoms with E-state index in [0.717, 1.165) is 32.0 Å². The van der Waals surface area contributed by atoms with Gasteiger partial charge in [0, 0.05) is 31.2 Å². The highest BCUT2D eigenvalue weighted by atomic mass is 16.2. The summed E-state index contributed by atoms with van der Waals surface area (Å²) in [6, 6.07) is 1.24. The second kappa shape index (κ2) is 6.93. The lowest BCUT2D eigenvalue weighted by Gasteiger charge is -2.41. The Labute approximate surface area is 146 Å². The third-order valence-corrected chi connectivity index (χ3v) is 7.36. The van der Waals surface area contributed by atoms with Crippen LogP contribution in [0.25, 0.3) is 0 Å². The summed E-state index contributed by atoms with van der Waals surface area (Å²) in [4.78, 5) is 17.8. The minimum Gasteiger partial charge on any atom is -0.353 e. The van der Waals surface area contributed by atoms with Crippen LogP contribution in [0.1, 0.15) is 44.9 Å². The highest BCUT2D eigenvalue weighted by Gasteiger charge is 2.49. The number of nitrogens with two attached hydrogens (primary N) is 1. The van der Waals surface area contributed by atoms with Crippen molar-refractivity contribution in [2.75, 3.05) is 33.2 Å². The molecule has 2 aliphatic heterocycles. The Morgan fingerprint density at radius 2 is 1.62 bits per heavy atom. The molecular weight excluding hydrogens is 300 g/mol. The summed E-state index contributed by atoms with van der Waals surface area (Å²) in [5, 5.41) is 3.35. The fourth-order valence-electron chi connectivity index (χ4n) is 5.79. The van der Waals surface area contributed by atoms with Gasteiger partial charge in [0.25, 0.3) is 0 Å². The maximum absolute atomic E-state index is 12.7. The van der Waals surface area contributed by atoms with Gasteiger partial charge in [0.15, 0.2) is 0 Å². The summed E-state index contributed by atoms with van der Waals surface area (Å²) < 4.78 is 0. The van der Waals surface area contributed by atoms with Crippen molar-refractivity contribution >= 4 is 5.91 Å². The van der Waals surface area contributed by atoms with E-state index in [2.05, 4.69) is 22.2 Å². The summed E-state index contributed by atoms with van der Waals surface area (Å²) in [6.45, 7) is 4.73. The molecule has 2 saturated carbocycles. The maximum Gasteiger partial charge on any atom is 0.225 e. The molecule has 0 radical (unpaired) electrons. The number of piperidine rings is 2. The molecule has 2 aliphatic carbocycles. The van der Waals surface area contributed by atoms with Gasteiger partial charge >= 0.3 is 0 Å². The fourth-order valence-corrected chi connectivity index (χ4v) is 5.79. The monoisotopic (exact) mass is 334 g/mol. The van der Waals surface area contributed by atoms with Crippen molar-refractivity contribution in [1.82, 2.24) is 15.1 Å². The number of likely N-dealkylation sites (tertiary alicyclic amines) is 2. The van der Waals surface area contributed by atoms with Gasteiger partial charge in [-0.3, -0.25) is 4.79 Å². The summed E-state index contributed by atoms with van der Waals surface area (Å²) in [5.74, 6) is 1.52. The van der Waals surface area contributed by atoms with Crippen LogP contribution in [0.15, 0.2) is 0 Å². The number of hydrogen-bond donors (Lipinski definition) is 2. The van der Waals surface area contributed by atoms with Gasteiger partial charge in [0.1, 0.15) is 0 Å². The molecule has 2 heterocycles. The zero-order valence-electron chi connectivity index (χ0n) is 15.1. The zero-order valence-corrected chi connectivity index (χ0v) is 15.1. The zero-order chi connectivity index (χ0) is 16.7. The number of nitrogens with one attached hydrogen (secondary N) is 1. The maximum atomic E-state index is 12.7. The molecule has 5 heteroatoms. The van der Waals surface area contributed by atoms with Crippen LogP contribution in [-0.4, -0.2) is 67.1 Å². The predicted molar refractivity (Wildman–Crippen MR) is 95.6 cm³/mol. The molecule has 0 aromatic carbocycles. The highest BCUT2D eigenvalue weighted by molar-refractivity contribution is 5.80. The largest absolute Gasteiger partial charge is 0.353 e. The van der Waals surface area contributed by atoms with Gasteiger partial charge in [-0.25, -0.2) is 0 Å². The Balaban J connectivity index is 1.24. The minimum absolute atomic E-state index is 0.0932. The molecule has 1 amide bonds. The Morgan fingerprint density at radius 3 is 2.25 bits per heavy atom. The van der Waals surface area contributed by atoms with Crippen molar-refractivity contribution in [2.24, 2.45) is 23.5 Å². The quantitative estimate of drug-likeness (QED) is 0.809. The van der Waals surface area contributed by atoms with E-state index in [4.69, 9.17) is 5.73 Å². The lowest BCUT2D eigenvalue weighted by molar-refractivity contribution is -0.128. The normalized spacial score (nSPS) is 39.4. The number of rotatable bonds is 3. The molecule has 4 atom stereocenters. The van der Waals surface area contributed by atoms with Crippen molar-refractivity contribution in [3.05, 3.63) is 0 Å². The average molecular weight is 335 g/mol. The molecule has 2 saturated heterocycles. The van der Waals surface area contributed by atoms with E-state index in [1.165, 1.54) is 45.2 Å². The van der Waals surface area contributed by atoms with E-state index in [0.29, 0.717) is 17.9 Å². The van der Waals surface area contributed by atoms with Crippen LogP contribution in [0.5, 0.6) is 0 Å². The molecule has 5 nitrogen and oxygen atoms in total. The molecule has 4 unspecified atom stereocenters. The third kappa shape index (κ3) is 3.23. The highest BCUT2D eigenvalue weighted by Crippen LogP contribution is 2.47. The van der Waals surface area contributed by atoms with Gasteiger partial charge in [-0.2, -0.15) is 0 Å². The third-order valence-electron chi connectivity index (χ3n) is 7.36. The topological polar surface area (TPSA) is 61.6 Å². The molecule has 0 spiro atoms. The van der Waals surface area contributed by atoms with Crippen molar-refractivity contribution < 1.29 is 4.79 Å². The molecule has 4 rings (SSSR count). The SMILES string of the molecule is CN1CCC(N2CCC(NC(=O)C3C4CCC(C4)C3N)CC2)CC1. The second-order valence-corrected chi connectivity index (χ2v) is 8.79. The minimum atomic E-state index is 0.0932. The van der Waals surface area contributed by atoms with E-state index in [-0.39, 0.29) is 17.9 Å². The number of fused-ring (bicyclic) bond motifs is 2. The van der Waals surface area contributed by atoms with Gasteiger partial charge in [-0.15, -0.1) is 0 Å². The van der Waals surface area contributed by atoms with E-state index in [1.54, 1.807) is 0 Å². The number of carbonyl (C=O) groups is 1. The standard InChI is InChI=1S/C19H34N4O/c1-22-8-6-16(7-9-22)23-10-4-15(5-11-23)21-19(24)17-13-2-3-14(12-13)18(17)20/h13-18H,2-12,20H2,1H3,(H,21,24). The van der Waals surface area contributed by atoms with Crippen LogP contribution < -0.4 is 11.1 Å². The predicted octanol–water partition coefficient (Wildman–Crippen LogP) is 1.03. The van der Waals surface area contributed by atoms with Gasteiger partial charge < -0.3 is 20.9 Å². The van der Waals surface area contributed by atoms with Crippen LogP contribution in [0.3, 0.4) is 0 Å². The van der Waals surface area contributed by atoms with Crippen molar-refractivity contribution in [1.29, 1.82) is 0 Å². The molecule has 4 fully saturated rings. The Hall–Kier alpha value is -0.650. The molecule has 4 aliphatic rings. The van der Waals surface area contributed by atoms with Crippen LogP contribution in [0, 0.1) is 17.8 Å². The van der Waals surface area contributed by atoms with Crippen molar-refractivity contribution in [2.45, 2.75) is 63.1 Å². The first-order valence-electron chi connectivity index (χ1n) is 10.1.